The summed E-state index contributed by atoms with van der Waals surface area (Å²) in [6.45, 7) is -0.0481. The first-order valence-electron chi connectivity index (χ1n) is 7.05. The third-order valence-corrected chi connectivity index (χ3v) is 3.44. The van der Waals surface area contributed by atoms with Crippen molar-refractivity contribution < 1.29 is 14.3 Å². The number of hydrogen-bond donors (Lipinski definition) is 2. The van der Waals surface area contributed by atoms with Gasteiger partial charge in [0, 0.05) is 24.0 Å². The molecule has 1 aromatic carbocycles. The number of pyridine rings is 1. The SMILES string of the molecule is O=C(CNC(=O)COc1ccc(Cl)cc1Cl)NCc1cccnc1. The lowest BCUT2D eigenvalue weighted by atomic mass is 10.3. The predicted octanol–water partition coefficient (Wildman–Crippen LogP) is 2.20. The zero-order chi connectivity index (χ0) is 17.4. The van der Waals surface area contributed by atoms with Gasteiger partial charge >= 0.3 is 0 Å². The lowest BCUT2D eigenvalue weighted by Crippen LogP contribution is -2.38. The molecule has 6 nitrogen and oxygen atoms in total. The number of nitrogens with one attached hydrogen (secondary N) is 2. The number of halogens is 2. The summed E-state index contributed by atoms with van der Waals surface area (Å²) in [6, 6.07) is 8.31. The van der Waals surface area contributed by atoms with Gasteiger partial charge in [-0.2, -0.15) is 0 Å². The number of benzene rings is 1. The van der Waals surface area contributed by atoms with Crippen LogP contribution < -0.4 is 15.4 Å². The number of hydrogen-bond acceptors (Lipinski definition) is 4. The van der Waals surface area contributed by atoms with Crippen molar-refractivity contribution in [2.24, 2.45) is 0 Å². The van der Waals surface area contributed by atoms with Gasteiger partial charge < -0.3 is 15.4 Å². The monoisotopic (exact) mass is 367 g/mol. The maximum atomic E-state index is 11.7. The molecule has 0 bridgehead atoms. The molecule has 0 unspecified atom stereocenters. The molecule has 0 spiro atoms. The number of carbonyl (C=O) groups is 2. The average Bonchev–Trinajstić information content (AvgIpc) is 2.58. The summed E-state index contributed by atoms with van der Waals surface area (Å²) in [7, 11) is 0. The molecule has 0 aliphatic carbocycles. The molecular formula is C16H15Cl2N3O3. The molecule has 0 saturated carbocycles. The number of rotatable bonds is 7. The van der Waals surface area contributed by atoms with Gasteiger partial charge in [-0.15, -0.1) is 0 Å². The molecule has 0 aliphatic heterocycles. The highest BCUT2D eigenvalue weighted by atomic mass is 35.5. The van der Waals surface area contributed by atoms with E-state index in [9.17, 15) is 9.59 Å². The van der Waals surface area contributed by atoms with E-state index in [4.69, 9.17) is 27.9 Å². The fourth-order valence-electron chi connectivity index (χ4n) is 1.73. The van der Waals surface area contributed by atoms with Crippen molar-refractivity contribution in [2.75, 3.05) is 13.2 Å². The van der Waals surface area contributed by atoms with Crippen molar-refractivity contribution in [3.8, 4) is 5.75 Å². The Morgan fingerprint density at radius 2 is 1.96 bits per heavy atom. The van der Waals surface area contributed by atoms with E-state index in [-0.39, 0.29) is 19.1 Å². The molecule has 2 rings (SSSR count). The van der Waals surface area contributed by atoms with Crippen LogP contribution in [-0.2, 0) is 16.1 Å². The number of amides is 2. The summed E-state index contributed by atoms with van der Waals surface area (Å²) >= 11 is 11.7. The van der Waals surface area contributed by atoms with Crippen LogP contribution in [0.25, 0.3) is 0 Å². The molecule has 2 aromatic rings. The first-order chi connectivity index (χ1) is 11.5. The van der Waals surface area contributed by atoms with Crippen LogP contribution in [0.5, 0.6) is 5.75 Å². The number of aromatic nitrogens is 1. The third-order valence-electron chi connectivity index (χ3n) is 2.91. The van der Waals surface area contributed by atoms with E-state index in [0.29, 0.717) is 22.3 Å². The molecule has 0 aliphatic rings. The molecule has 2 amide bonds. The number of carbonyl (C=O) groups excluding carboxylic acids is 2. The standard InChI is InChI=1S/C16H15Cl2N3O3/c17-12-3-4-14(13(18)6-12)24-10-16(23)21-9-15(22)20-8-11-2-1-5-19-7-11/h1-7H,8-10H2,(H,20,22)(H,21,23). The molecular weight excluding hydrogens is 353 g/mol. The van der Waals surface area contributed by atoms with Crippen LogP contribution in [0, 0.1) is 0 Å². The molecule has 2 N–H and O–H groups in total. The molecule has 0 atom stereocenters. The van der Waals surface area contributed by atoms with Gasteiger partial charge in [-0.25, -0.2) is 0 Å². The Morgan fingerprint density at radius 1 is 1.12 bits per heavy atom. The molecule has 8 heteroatoms. The van der Waals surface area contributed by atoms with Crippen molar-refractivity contribution in [1.29, 1.82) is 0 Å². The maximum Gasteiger partial charge on any atom is 0.258 e. The largest absolute Gasteiger partial charge is 0.482 e. The lowest BCUT2D eigenvalue weighted by Gasteiger charge is -2.09. The fraction of sp³-hybridized carbons (Fsp3) is 0.188. The first-order valence-corrected chi connectivity index (χ1v) is 7.80. The van der Waals surface area contributed by atoms with E-state index in [1.165, 1.54) is 6.07 Å². The van der Waals surface area contributed by atoms with Crippen molar-refractivity contribution in [3.63, 3.8) is 0 Å². The Labute approximate surface area is 149 Å². The van der Waals surface area contributed by atoms with Gasteiger partial charge in [0.15, 0.2) is 6.61 Å². The Kier molecular flexibility index (Phi) is 6.84. The van der Waals surface area contributed by atoms with Gasteiger partial charge in [0.1, 0.15) is 5.75 Å². The Morgan fingerprint density at radius 3 is 2.67 bits per heavy atom. The van der Waals surface area contributed by atoms with Crippen LogP contribution in [0.1, 0.15) is 5.56 Å². The van der Waals surface area contributed by atoms with E-state index in [0.717, 1.165) is 5.56 Å². The Hall–Kier alpha value is -2.31. The van der Waals surface area contributed by atoms with Gasteiger partial charge in [0.2, 0.25) is 5.91 Å². The summed E-state index contributed by atoms with van der Waals surface area (Å²) in [5.41, 5.74) is 0.873. The second kappa shape index (κ2) is 9.10. The smallest absolute Gasteiger partial charge is 0.258 e. The van der Waals surface area contributed by atoms with E-state index < -0.39 is 5.91 Å². The van der Waals surface area contributed by atoms with Crippen molar-refractivity contribution in [1.82, 2.24) is 15.6 Å². The summed E-state index contributed by atoms with van der Waals surface area (Å²) in [4.78, 5) is 27.3. The average molecular weight is 368 g/mol. The molecule has 1 heterocycles. The van der Waals surface area contributed by atoms with Crippen LogP contribution >= 0.6 is 23.2 Å². The number of ether oxygens (including phenoxy) is 1. The summed E-state index contributed by atoms with van der Waals surface area (Å²) < 4.78 is 5.27. The van der Waals surface area contributed by atoms with Crippen LogP contribution in [0.3, 0.4) is 0 Å². The van der Waals surface area contributed by atoms with Gasteiger partial charge in [-0.3, -0.25) is 14.6 Å². The highest BCUT2D eigenvalue weighted by Crippen LogP contribution is 2.27. The highest BCUT2D eigenvalue weighted by Gasteiger charge is 2.08. The van der Waals surface area contributed by atoms with E-state index in [1.54, 1.807) is 30.6 Å². The summed E-state index contributed by atoms with van der Waals surface area (Å²) in [6.07, 6.45) is 3.31. The quantitative estimate of drug-likeness (QED) is 0.785. The van der Waals surface area contributed by atoms with Gasteiger partial charge in [0.05, 0.1) is 11.6 Å². The normalized spacial score (nSPS) is 10.1. The highest BCUT2D eigenvalue weighted by molar-refractivity contribution is 6.35. The number of nitrogens with zero attached hydrogens (tertiary/aromatic N) is 1. The summed E-state index contributed by atoms with van der Waals surface area (Å²) in [5, 5.41) is 5.92. The molecule has 0 radical (unpaired) electrons. The van der Waals surface area contributed by atoms with Crippen molar-refractivity contribution in [3.05, 3.63) is 58.3 Å². The third kappa shape index (κ3) is 6.06. The summed E-state index contributed by atoms with van der Waals surface area (Å²) in [5.74, 6) is -0.397. The predicted molar refractivity (Wildman–Crippen MR) is 91.1 cm³/mol. The maximum absolute atomic E-state index is 11.7. The zero-order valence-corrected chi connectivity index (χ0v) is 14.1. The first kappa shape index (κ1) is 18.0. The molecule has 0 fully saturated rings. The zero-order valence-electron chi connectivity index (χ0n) is 12.6. The minimum Gasteiger partial charge on any atom is -0.482 e. The van der Waals surface area contributed by atoms with Gasteiger partial charge in [-0.05, 0) is 29.8 Å². The van der Waals surface area contributed by atoms with Crippen molar-refractivity contribution in [2.45, 2.75) is 6.54 Å². The molecule has 24 heavy (non-hydrogen) atoms. The van der Waals surface area contributed by atoms with Crippen molar-refractivity contribution >= 4 is 35.0 Å². The molecule has 0 saturated heterocycles. The second-order valence-corrected chi connectivity index (χ2v) is 5.62. The van der Waals surface area contributed by atoms with Gasteiger partial charge in [-0.1, -0.05) is 29.3 Å². The van der Waals surface area contributed by atoms with E-state index in [2.05, 4.69) is 15.6 Å². The minimum atomic E-state index is -0.433. The Bertz CT molecular complexity index is 711. The minimum absolute atomic E-state index is 0.142. The van der Waals surface area contributed by atoms with Crippen LogP contribution in [0.15, 0.2) is 42.7 Å². The van der Waals surface area contributed by atoms with Gasteiger partial charge in [0.25, 0.3) is 5.91 Å². The molecule has 1 aromatic heterocycles. The molecule has 126 valence electrons. The van der Waals surface area contributed by atoms with E-state index in [1.807, 2.05) is 6.07 Å². The van der Waals surface area contributed by atoms with Crippen LogP contribution in [-0.4, -0.2) is 29.9 Å². The topological polar surface area (TPSA) is 80.3 Å². The van der Waals surface area contributed by atoms with E-state index >= 15 is 0 Å². The Balaban J connectivity index is 1.68. The lowest BCUT2D eigenvalue weighted by molar-refractivity contribution is -0.127. The fourth-order valence-corrected chi connectivity index (χ4v) is 2.19. The van der Waals surface area contributed by atoms with Crippen LogP contribution in [0.4, 0.5) is 0 Å². The van der Waals surface area contributed by atoms with Crippen LogP contribution in [0.2, 0.25) is 10.0 Å². The second-order valence-electron chi connectivity index (χ2n) is 4.78.